The second-order valence-corrected chi connectivity index (χ2v) is 5.95. The third-order valence-corrected chi connectivity index (χ3v) is 3.99. The van der Waals surface area contributed by atoms with E-state index < -0.39 is 11.8 Å². The number of carbonyl (C=O) groups is 1. The first-order chi connectivity index (χ1) is 11.0. The second-order valence-electron chi connectivity index (χ2n) is 5.57. The highest BCUT2D eigenvalue weighted by Crippen LogP contribution is 2.29. The van der Waals surface area contributed by atoms with Crippen LogP contribution in [0.1, 0.15) is 12.8 Å². The Labute approximate surface area is 136 Å². The number of pyridine rings is 2. The smallest absolute Gasteiger partial charge is 0.407 e. The van der Waals surface area contributed by atoms with E-state index in [1.54, 1.807) is 24.4 Å². The molecule has 2 aromatic rings. The van der Waals surface area contributed by atoms with Gasteiger partial charge < -0.3 is 14.7 Å². The fraction of sp³-hybridized carbons (Fsp3) is 0.400. The quantitative estimate of drug-likeness (QED) is 0.869. The van der Waals surface area contributed by atoms with E-state index >= 15 is 0 Å². The van der Waals surface area contributed by atoms with E-state index in [-0.39, 0.29) is 30.6 Å². The van der Waals surface area contributed by atoms with Crippen LogP contribution >= 0.6 is 11.6 Å². The number of fused-ring (bicyclic) bond motifs is 1. The minimum absolute atomic E-state index is 0.199. The van der Waals surface area contributed by atoms with Crippen LogP contribution in [-0.4, -0.2) is 51.4 Å². The summed E-state index contributed by atoms with van der Waals surface area (Å²) < 4.78 is 20.4. The highest BCUT2D eigenvalue weighted by molar-refractivity contribution is 6.30. The lowest BCUT2D eigenvalue weighted by Crippen LogP contribution is -2.50. The number of ether oxygens (including phenoxy) is 1. The molecule has 0 aromatic carbocycles. The Kier molecular flexibility index (Phi) is 4.21. The van der Waals surface area contributed by atoms with Gasteiger partial charge in [0.25, 0.3) is 0 Å². The highest BCUT2D eigenvalue weighted by Gasteiger charge is 2.38. The summed E-state index contributed by atoms with van der Waals surface area (Å²) in [4.78, 5) is 20.3. The van der Waals surface area contributed by atoms with E-state index in [2.05, 4.69) is 9.97 Å². The van der Waals surface area contributed by atoms with Gasteiger partial charge in [0, 0.05) is 18.8 Å². The third kappa shape index (κ3) is 3.44. The summed E-state index contributed by atoms with van der Waals surface area (Å²) in [6.45, 7) is -0.156. The van der Waals surface area contributed by atoms with Crippen LogP contribution in [0.5, 0.6) is 5.88 Å². The second kappa shape index (κ2) is 6.16. The molecule has 0 spiro atoms. The topological polar surface area (TPSA) is 75.5 Å². The first kappa shape index (κ1) is 15.7. The van der Waals surface area contributed by atoms with Gasteiger partial charge in [-0.1, -0.05) is 11.6 Å². The maximum atomic E-state index is 14.9. The highest BCUT2D eigenvalue weighted by atomic mass is 35.5. The Balaban J connectivity index is 1.79. The number of nitrogens with zero attached hydrogens (tertiary/aromatic N) is 3. The normalized spacial score (nSPS) is 21.4. The molecule has 1 aliphatic heterocycles. The number of aromatic nitrogens is 2. The minimum atomic E-state index is -1.74. The van der Waals surface area contributed by atoms with Gasteiger partial charge in [0.05, 0.1) is 17.4 Å². The Bertz CT molecular complexity index is 745. The van der Waals surface area contributed by atoms with Gasteiger partial charge in [-0.15, -0.1) is 0 Å². The van der Waals surface area contributed by atoms with Crippen molar-refractivity contribution in [1.29, 1.82) is 0 Å². The predicted octanol–water partition coefficient (Wildman–Crippen LogP) is 3.14. The fourth-order valence-corrected chi connectivity index (χ4v) is 2.87. The van der Waals surface area contributed by atoms with Crippen LogP contribution in [0.25, 0.3) is 10.9 Å². The van der Waals surface area contributed by atoms with E-state index in [4.69, 9.17) is 21.4 Å². The summed E-state index contributed by atoms with van der Waals surface area (Å²) in [7, 11) is 0. The molecule has 1 fully saturated rings. The lowest BCUT2D eigenvalue weighted by molar-refractivity contribution is 0.0104. The average molecular weight is 340 g/mol. The molecule has 6 nitrogen and oxygen atoms in total. The van der Waals surface area contributed by atoms with Crippen LogP contribution in [0.2, 0.25) is 5.15 Å². The van der Waals surface area contributed by atoms with Crippen LogP contribution in [0.3, 0.4) is 0 Å². The van der Waals surface area contributed by atoms with Crippen molar-refractivity contribution in [1.82, 2.24) is 14.9 Å². The van der Waals surface area contributed by atoms with Crippen LogP contribution in [0.15, 0.2) is 24.4 Å². The maximum Gasteiger partial charge on any atom is 0.407 e. The molecule has 1 saturated heterocycles. The predicted molar refractivity (Wildman–Crippen MR) is 82.7 cm³/mol. The molecule has 0 unspecified atom stereocenters. The van der Waals surface area contributed by atoms with Crippen molar-refractivity contribution in [2.24, 2.45) is 0 Å². The fourth-order valence-electron chi connectivity index (χ4n) is 2.69. The number of piperidine rings is 1. The molecule has 23 heavy (non-hydrogen) atoms. The summed E-state index contributed by atoms with van der Waals surface area (Å²) in [5.41, 5.74) is -1.14. The van der Waals surface area contributed by atoms with Crippen LogP contribution < -0.4 is 4.74 Å². The number of carboxylic acid groups (broad SMARTS) is 1. The van der Waals surface area contributed by atoms with Crippen molar-refractivity contribution in [3.63, 3.8) is 0 Å². The average Bonchev–Trinajstić information content (AvgIpc) is 2.52. The van der Waals surface area contributed by atoms with Gasteiger partial charge in [0.2, 0.25) is 5.88 Å². The summed E-state index contributed by atoms with van der Waals surface area (Å²) >= 11 is 5.93. The molecular formula is C15H15ClFN3O3. The van der Waals surface area contributed by atoms with E-state index in [0.29, 0.717) is 23.9 Å². The van der Waals surface area contributed by atoms with Gasteiger partial charge >= 0.3 is 6.09 Å². The zero-order chi connectivity index (χ0) is 16.4. The number of hydrogen-bond donors (Lipinski definition) is 1. The summed E-state index contributed by atoms with van der Waals surface area (Å²) in [6.07, 6.45) is 1.19. The van der Waals surface area contributed by atoms with Crippen molar-refractivity contribution >= 4 is 28.6 Å². The Morgan fingerprint density at radius 2 is 2.39 bits per heavy atom. The Morgan fingerprint density at radius 1 is 1.57 bits per heavy atom. The summed E-state index contributed by atoms with van der Waals surface area (Å²) in [6, 6.07) is 5.08. The number of likely N-dealkylation sites (tertiary alicyclic amines) is 1. The van der Waals surface area contributed by atoms with Crippen molar-refractivity contribution in [3.8, 4) is 5.88 Å². The molecule has 0 saturated carbocycles. The van der Waals surface area contributed by atoms with E-state index in [0.717, 1.165) is 4.90 Å². The molecule has 3 rings (SSSR count). The van der Waals surface area contributed by atoms with Gasteiger partial charge in [-0.2, -0.15) is 0 Å². The molecule has 1 atom stereocenters. The molecule has 3 heterocycles. The van der Waals surface area contributed by atoms with Crippen molar-refractivity contribution in [2.75, 3.05) is 19.7 Å². The number of rotatable bonds is 3. The molecule has 0 radical (unpaired) electrons. The van der Waals surface area contributed by atoms with Crippen molar-refractivity contribution < 1.29 is 19.0 Å². The molecular weight excluding hydrogens is 325 g/mol. The monoisotopic (exact) mass is 339 g/mol. The minimum Gasteiger partial charge on any atom is -0.474 e. The SMILES string of the molecule is O=C(O)N1CCC[C@@](F)(COc2nc(Cl)cc3ncccc23)C1. The van der Waals surface area contributed by atoms with Crippen LogP contribution in [0, 0.1) is 0 Å². The molecule has 0 aliphatic carbocycles. The number of hydrogen-bond acceptors (Lipinski definition) is 4. The number of halogens is 2. The van der Waals surface area contributed by atoms with E-state index in [1.807, 2.05) is 0 Å². The van der Waals surface area contributed by atoms with Gasteiger partial charge in [-0.3, -0.25) is 4.98 Å². The van der Waals surface area contributed by atoms with Gasteiger partial charge in [0.15, 0.2) is 5.67 Å². The Morgan fingerprint density at radius 3 is 3.17 bits per heavy atom. The zero-order valence-corrected chi connectivity index (χ0v) is 13.0. The van der Waals surface area contributed by atoms with Crippen molar-refractivity contribution in [2.45, 2.75) is 18.5 Å². The van der Waals surface area contributed by atoms with Gasteiger partial charge in [-0.05, 0) is 25.0 Å². The zero-order valence-electron chi connectivity index (χ0n) is 12.2. The van der Waals surface area contributed by atoms with Crippen LogP contribution in [-0.2, 0) is 0 Å². The largest absolute Gasteiger partial charge is 0.474 e. The third-order valence-electron chi connectivity index (χ3n) is 3.80. The molecule has 2 aromatic heterocycles. The first-order valence-electron chi connectivity index (χ1n) is 7.18. The standard InChI is InChI=1S/C15H15ClFN3O3/c16-12-7-11-10(3-1-5-18-11)13(19-12)23-9-15(17)4-2-6-20(8-15)14(21)22/h1,3,5,7H,2,4,6,8-9H2,(H,21,22)/t15-/m0/s1. The summed E-state index contributed by atoms with van der Waals surface area (Å²) in [5, 5.41) is 9.85. The number of amides is 1. The van der Waals surface area contributed by atoms with Crippen molar-refractivity contribution in [3.05, 3.63) is 29.5 Å². The van der Waals surface area contributed by atoms with E-state index in [1.165, 1.54) is 0 Å². The molecule has 122 valence electrons. The summed E-state index contributed by atoms with van der Waals surface area (Å²) in [5.74, 6) is 0.199. The first-order valence-corrected chi connectivity index (χ1v) is 7.55. The molecule has 8 heteroatoms. The van der Waals surface area contributed by atoms with E-state index in [9.17, 15) is 9.18 Å². The van der Waals surface area contributed by atoms with Gasteiger partial charge in [0.1, 0.15) is 11.8 Å². The molecule has 1 N–H and O–H groups in total. The maximum absolute atomic E-state index is 14.9. The van der Waals surface area contributed by atoms with Gasteiger partial charge in [-0.25, -0.2) is 14.2 Å². The lowest BCUT2D eigenvalue weighted by atomic mass is 9.96. The number of alkyl halides is 1. The van der Waals surface area contributed by atoms with Crippen LogP contribution in [0.4, 0.5) is 9.18 Å². The Hall–Kier alpha value is -2.15. The molecule has 1 aliphatic rings. The molecule has 1 amide bonds. The lowest BCUT2D eigenvalue weighted by Gasteiger charge is -2.35. The molecule has 0 bridgehead atoms.